The summed E-state index contributed by atoms with van der Waals surface area (Å²) in [5, 5.41) is 0. The lowest BCUT2D eigenvalue weighted by Crippen LogP contribution is -2.32. The zero-order chi connectivity index (χ0) is 21.3. The number of aromatic nitrogens is 1. The third-order valence-corrected chi connectivity index (χ3v) is 4.59. The second-order valence-electron chi connectivity index (χ2n) is 6.66. The van der Waals surface area contributed by atoms with E-state index in [4.69, 9.17) is 0 Å². The fourth-order valence-electron chi connectivity index (χ4n) is 2.99. The van der Waals surface area contributed by atoms with E-state index in [1.807, 2.05) is 55.5 Å². The third-order valence-electron chi connectivity index (χ3n) is 4.59. The van der Waals surface area contributed by atoms with E-state index in [9.17, 15) is 13.6 Å². The van der Waals surface area contributed by atoms with Crippen molar-refractivity contribution in [1.29, 1.82) is 0 Å². The standard InChI is InChI=1S/C24H22F2N2O2/c1-18(22-9-5-6-16-27-22)28(17-20-7-3-2-4-8-20)23(29)15-12-19-10-13-21(14-11-19)30-24(25)26/h2-16,18,24H,17H2,1H3/b15-12+. The van der Waals surface area contributed by atoms with Crippen LogP contribution in [0, 0.1) is 0 Å². The average molecular weight is 408 g/mol. The van der Waals surface area contributed by atoms with Crippen LogP contribution in [0.2, 0.25) is 0 Å². The molecule has 6 heteroatoms. The molecule has 30 heavy (non-hydrogen) atoms. The molecule has 1 heterocycles. The summed E-state index contributed by atoms with van der Waals surface area (Å²) in [7, 11) is 0. The van der Waals surface area contributed by atoms with Gasteiger partial charge in [0, 0.05) is 18.8 Å². The van der Waals surface area contributed by atoms with Crippen LogP contribution in [-0.4, -0.2) is 22.4 Å². The maximum absolute atomic E-state index is 13.0. The lowest BCUT2D eigenvalue weighted by Gasteiger charge is -2.28. The number of carbonyl (C=O) groups excluding carboxylic acids is 1. The molecular formula is C24H22F2N2O2. The van der Waals surface area contributed by atoms with Gasteiger partial charge in [0.15, 0.2) is 0 Å². The molecule has 0 fully saturated rings. The molecule has 0 saturated carbocycles. The fraction of sp³-hybridized carbons (Fsp3) is 0.167. The highest BCUT2D eigenvalue weighted by Crippen LogP contribution is 2.22. The summed E-state index contributed by atoms with van der Waals surface area (Å²) in [5.41, 5.74) is 2.51. The van der Waals surface area contributed by atoms with E-state index in [1.54, 1.807) is 29.3 Å². The molecule has 0 bridgehead atoms. The molecule has 0 saturated heterocycles. The van der Waals surface area contributed by atoms with Crippen LogP contribution in [-0.2, 0) is 11.3 Å². The summed E-state index contributed by atoms with van der Waals surface area (Å²) < 4.78 is 28.9. The van der Waals surface area contributed by atoms with Gasteiger partial charge >= 0.3 is 6.61 Å². The summed E-state index contributed by atoms with van der Waals surface area (Å²) in [6, 6.07) is 21.2. The van der Waals surface area contributed by atoms with Crippen LogP contribution >= 0.6 is 0 Å². The average Bonchev–Trinajstić information content (AvgIpc) is 2.77. The number of alkyl halides is 2. The maximum Gasteiger partial charge on any atom is 0.387 e. The second kappa shape index (κ2) is 10.3. The number of rotatable bonds is 8. The summed E-state index contributed by atoms with van der Waals surface area (Å²) in [6.45, 7) is -0.497. The van der Waals surface area contributed by atoms with Crippen molar-refractivity contribution in [3.05, 3.63) is 102 Å². The van der Waals surface area contributed by atoms with Crippen molar-refractivity contribution in [3.8, 4) is 5.75 Å². The first-order valence-electron chi connectivity index (χ1n) is 9.51. The Kier molecular flexibility index (Phi) is 7.27. The molecular weight excluding hydrogens is 386 g/mol. The highest BCUT2D eigenvalue weighted by molar-refractivity contribution is 5.92. The van der Waals surface area contributed by atoms with Gasteiger partial charge in [-0.15, -0.1) is 0 Å². The van der Waals surface area contributed by atoms with Gasteiger partial charge in [0.2, 0.25) is 5.91 Å². The number of hydrogen-bond donors (Lipinski definition) is 0. The molecule has 0 radical (unpaired) electrons. The molecule has 0 aliphatic rings. The zero-order valence-electron chi connectivity index (χ0n) is 16.5. The molecule has 1 atom stereocenters. The van der Waals surface area contributed by atoms with E-state index in [0.29, 0.717) is 12.1 Å². The van der Waals surface area contributed by atoms with Crippen LogP contribution in [0.25, 0.3) is 6.08 Å². The second-order valence-corrected chi connectivity index (χ2v) is 6.66. The Balaban J connectivity index is 1.78. The van der Waals surface area contributed by atoms with Gasteiger partial charge in [-0.1, -0.05) is 48.5 Å². The number of hydrogen-bond acceptors (Lipinski definition) is 3. The molecule has 1 aromatic heterocycles. The topological polar surface area (TPSA) is 42.4 Å². The first kappa shape index (κ1) is 21.2. The number of carbonyl (C=O) groups is 1. The minimum absolute atomic E-state index is 0.0722. The van der Waals surface area contributed by atoms with Crippen molar-refractivity contribution in [2.75, 3.05) is 0 Å². The number of halogens is 2. The molecule has 3 aromatic rings. The maximum atomic E-state index is 13.0. The van der Waals surface area contributed by atoms with E-state index >= 15 is 0 Å². The number of pyridine rings is 1. The van der Waals surface area contributed by atoms with Gasteiger partial charge in [-0.3, -0.25) is 9.78 Å². The molecule has 154 valence electrons. The van der Waals surface area contributed by atoms with Gasteiger partial charge in [-0.2, -0.15) is 8.78 Å². The first-order valence-corrected chi connectivity index (χ1v) is 9.51. The van der Waals surface area contributed by atoms with Crippen molar-refractivity contribution in [1.82, 2.24) is 9.88 Å². The minimum Gasteiger partial charge on any atom is -0.435 e. The van der Waals surface area contributed by atoms with E-state index in [-0.39, 0.29) is 17.7 Å². The lowest BCUT2D eigenvalue weighted by atomic mass is 10.1. The number of benzene rings is 2. The molecule has 1 unspecified atom stereocenters. The van der Waals surface area contributed by atoms with Gasteiger partial charge in [-0.05, 0) is 48.4 Å². The van der Waals surface area contributed by atoms with Crippen LogP contribution in [0.4, 0.5) is 8.78 Å². The Labute approximate surface area is 174 Å². The Hall–Kier alpha value is -3.54. The van der Waals surface area contributed by atoms with E-state index in [2.05, 4.69) is 9.72 Å². The van der Waals surface area contributed by atoms with Crippen molar-refractivity contribution < 1.29 is 18.3 Å². The largest absolute Gasteiger partial charge is 0.435 e. The normalized spacial score (nSPS) is 12.1. The Morgan fingerprint density at radius 2 is 1.73 bits per heavy atom. The predicted octanol–water partition coefficient (Wildman–Crippen LogP) is 5.49. The minimum atomic E-state index is -2.87. The molecule has 0 aliphatic heterocycles. The lowest BCUT2D eigenvalue weighted by molar-refractivity contribution is -0.128. The van der Waals surface area contributed by atoms with Gasteiger partial charge in [0.1, 0.15) is 5.75 Å². The highest BCUT2D eigenvalue weighted by Gasteiger charge is 2.21. The van der Waals surface area contributed by atoms with E-state index in [1.165, 1.54) is 18.2 Å². The highest BCUT2D eigenvalue weighted by atomic mass is 19.3. The molecule has 0 spiro atoms. The molecule has 2 aromatic carbocycles. The number of amides is 1. The van der Waals surface area contributed by atoms with Crippen molar-refractivity contribution >= 4 is 12.0 Å². The summed E-state index contributed by atoms with van der Waals surface area (Å²) in [4.78, 5) is 19.2. The molecule has 0 N–H and O–H groups in total. The predicted molar refractivity (Wildman–Crippen MR) is 112 cm³/mol. The number of nitrogens with zero attached hydrogens (tertiary/aromatic N) is 2. The Bertz CT molecular complexity index is 962. The third kappa shape index (κ3) is 5.98. The van der Waals surface area contributed by atoms with Crippen LogP contribution in [0.3, 0.4) is 0 Å². The van der Waals surface area contributed by atoms with Gasteiger partial charge in [0.25, 0.3) is 0 Å². The smallest absolute Gasteiger partial charge is 0.387 e. The molecule has 4 nitrogen and oxygen atoms in total. The SMILES string of the molecule is CC(c1ccccn1)N(Cc1ccccc1)C(=O)/C=C/c1ccc(OC(F)F)cc1. The quantitative estimate of drug-likeness (QED) is 0.463. The summed E-state index contributed by atoms with van der Waals surface area (Å²) in [6.07, 6.45) is 4.83. The van der Waals surface area contributed by atoms with Gasteiger partial charge in [-0.25, -0.2) is 0 Å². The summed E-state index contributed by atoms with van der Waals surface area (Å²) >= 11 is 0. The van der Waals surface area contributed by atoms with E-state index in [0.717, 1.165) is 11.3 Å². The van der Waals surface area contributed by atoms with Crippen LogP contribution in [0.5, 0.6) is 5.75 Å². The van der Waals surface area contributed by atoms with Gasteiger partial charge in [0.05, 0.1) is 11.7 Å². The first-order chi connectivity index (χ1) is 14.5. The van der Waals surface area contributed by atoms with Crippen molar-refractivity contribution in [2.45, 2.75) is 26.1 Å². The Morgan fingerprint density at radius 3 is 2.37 bits per heavy atom. The van der Waals surface area contributed by atoms with Crippen molar-refractivity contribution in [2.24, 2.45) is 0 Å². The summed E-state index contributed by atoms with van der Waals surface area (Å²) in [5.74, 6) is -0.104. The molecule has 1 amide bonds. The van der Waals surface area contributed by atoms with Crippen LogP contribution in [0.15, 0.2) is 85.1 Å². The monoisotopic (exact) mass is 408 g/mol. The molecule has 3 rings (SSSR count). The van der Waals surface area contributed by atoms with E-state index < -0.39 is 6.61 Å². The van der Waals surface area contributed by atoms with Crippen LogP contribution in [0.1, 0.15) is 29.8 Å². The van der Waals surface area contributed by atoms with Gasteiger partial charge < -0.3 is 9.64 Å². The van der Waals surface area contributed by atoms with Crippen molar-refractivity contribution in [3.63, 3.8) is 0 Å². The zero-order valence-corrected chi connectivity index (χ0v) is 16.5. The molecule has 0 aliphatic carbocycles. The number of ether oxygens (including phenoxy) is 1. The van der Waals surface area contributed by atoms with Crippen LogP contribution < -0.4 is 4.74 Å². The Morgan fingerprint density at radius 1 is 1.03 bits per heavy atom. The fourth-order valence-corrected chi connectivity index (χ4v) is 2.99.